The molecular weight excluding hydrogens is 312 g/mol. The number of hydrogen-bond acceptors (Lipinski definition) is 3. The fourth-order valence-electron chi connectivity index (χ4n) is 4.14. The summed E-state index contributed by atoms with van der Waals surface area (Å²) in [5.74, 6) is 2.78. The maximum Gasteiger partial charge on any atom is 0.227 e. The number of hydrogen-bond donors (Lipinski definition) is 0. The van der Waals surface area contributed by atoms with Crippen molar-refractivity contribution >= 4 is 5.91 Å². The third-order valence-electron chi connectivity index (χ3n) is 5.53. The van der Waals surface area contributed by atoms with Gasteiger partial charge in [0.05, 0.1) is 6.42 Å². The van der Waals surface area contributed by atoms with Gasteiger partial charge in [0.2, 0.25) is 5.91 Å². The molecule has 0 spiro atoms. The van der Waals surface area contributed by atoms with Crippen LogP contribution in [0.25, 0.3) is 0 Å². The number of nitrogens with zero attached hydrogens (tertiary/aromatic N) is 4. The average Bonchev–Trinajstić information content (AvgIpc) is 3.25. The van der Waals surface area contributed by atoms with Gasteiger partial charge in [0, 0.05) is 32.0 Å². The van der Waals surface area contributed by atoms with E-state index < -0.39 is 0 Å². The summed E-state index contributed by atoms with van der Waals surface area (Å²) in [6.07, 6.45) is 5.86. The zero-order valence-corrected chi connectivity index (χ0v) is 14.9. The predicted octanol–water partition coefficient (Wildman–Crippen LogP) is 2.74. The zero-order valence-electron chi connectivity index (χ0n) is 14.9. The van der Waals surface area contributed by atoms with Crippen LogP contribution in [0.3, 0.4) is 0 Å². The molecule has 5 nitrogen and oxygen atoms in total. The molecule has 2 aliphatic rings. The number of likely N-dealkylation sites (tertiary alicyclic amines) is 1. The predicted molar refractivity (Wildman–Crippen MR) is 96.4 cm³/mol. The molecule has 1 saturated heterocycles. The molecule has 132 valence electrons. The van der Waals surface area contributed by atoms with E-state index in [9.17, 15) is 4.79 Å². The molecule has 1 unspecified atom stereocenters. The highest BCUT2D eigenvalue weighted by Gasteiger charge is 2.30. The Hall–Kier alpha value is -2.17. The van der Waals surface area contributed by atoms with E-state index >= 15 is 0 Å². The van der Waals surface area contributed by atoms with Crippen LogP contribution in [0.15, 0.2) is 24.3 Å². The van der Waals surface area contributed by atoms with Gasteiger partial charge in [-0.25, -0.2) is 0 Å². The lowest BCUT2D eigenvalue weighted by atomic mass is 9.96. The summed E-state index contributed by atoms with van der Waals surface area (Å²) in [7, 11) is 0. The summed E-state index contributed by atoms with van der Waals surface area (Å²) in [6.45, 7) is 4.83. The van der Waals surface area contributed by atoms with Gasteiger partial charge in [-0.15, -0.1) is 10.2 Å². The van der Waals surface area contributed by atoms with Gasteiger partial charge >= 0.3 is 0 Å². The van der Waals surface area contributed by atoms with Gasteiger partial charge in [0.25, 0.3) is 0 Å². The van der Waals surface area contributed by atoms with Gasteiger partial charge in [-0.2, -0.15) is 0 Å². The number of benzene rings is 1. The molecule has 25 heavy (non-hydrogen) atoms. The van der Waals surface area contributed by atoms with Crippen molar-refractivity contribution in [3.8, 4) is 0 Å². The van der Waals surface area contributed by atoms with Crippen molar-refractivity contribution in [2.24, 2.45) is 0 Å². The second kappa shape index (κ2) is 6.98. The van der Waals surface area contributed by atoms with Crippen LogP contribution in [-0.2, 0) is 30.6 Å². The first kappa shape index (κ1) is 16.3. The number of carbonyl (C=O) groups excluding carboxylic acids is 1. The zero-order chi connectivity index (χ0) is 17.2. The Labute approximate surface area is 149 Å². The maximum atomic E-state index is 12.8. The first-order valence-corrected chi connectivity index (χ1v) is 9.52. The topological polar surface area (TPSA) is 51.0 Å². The summed E-state index contributed by atoms with van der Waals surface area (Å²) in [4.78, 5) is 14.8. The van der Waals surface area contributed by atoms with Gasteiger partial charge in [0.15, 0.2) is 0 Å². The van der Waals surface area contributed by atoms with Crippen molar-refractivity contribution < 1.29 is 4.79 Å². The first-order chi connectivity index (χ1) is 12.2. The molecule has 2 aliphatic heterocycles. The van der Waals surface area contributed by atoms with Crippen molar-refractivity contribution in [1.82, 2.24) is 19.7 Å². The Morgan fingerprint density at radius 2 is 2.08 bits per heavy atom. The number of aromatic nitrogens is 3. The van der Waals surface area contributed by atoms with Crippen LogP contribution in [0.1, 0.15) is 54.9 Å². The van der Waals surface area contributed by atoms with E-state index in [0.29, 0.717) is 12.3 Å². The molecule has 5 heteroatoms. The first-order valence-electron chi connectivity index (χ1n) is 9.52. The van der Waals surface area contributed by atoms with Crippen molar-refractivity contribution in [2.75, 3.05) is 13.1 Å². The molecule has 1 atom stereocenters. The molecule has 1 aromatic carbocycles. The van der Waals surface area contributed by atoms with E-state index in [2.05, 4.69) is 46.0 Å². The summed E-state index contributed by atoms with van der Waals surface area (Å²) in [6, 6.07) is 8.39. The maximum absolute atomic E-state index is 12.8. The SMILES string of the molecule is CCc1cccc(CC(=O)N2CCCC(c3nnc4n3CCC4)C2)c1. The van der Waals surface area contributed by atoms with Crippen LogP contribution >= 0.6 is 0 Å². The third kappa shape index (κ3) is 3.32. The molecule has 2 aromatic rings. The standard InChI is InChI=1S/C20H26N4O/c1-2-15-6-3-7-16(12-15)13-19(25)23-10-4-8-17(14-23)20-22-21-18-9-5-11-24(18)20/h3,6-7,12,17H,2,4-5,8-11,13-14H2,1H3. The quantitative estimate of drug-likeness (QED) is 0.861. The lowest BCUT2D eigenvalue weighted by molar-refractivity contribution is -0.131. The minimum atomic E-state index is 0.235. The number of amides is 1. The van der Waals surface area contributed by atoms with Crippen LogP contribution < -0.4 is 0 Å². The molecular formula is C20H26N4O. The Kier molecular flexibility index (Phi) is 4.55. The molecule has 0 saturated carbocycles. The summed E-state index contributed by atoms with van der Waals surface area (Å²) in [5, 5.41) is 8.78. The van der Waals surface area contributed by atoms with Crippen molar-refractivity contribution in [3.63, 3.8) is 0 Å². The average molecular weight is 338 g/mol. The Morgan fingerprint density at radius 1 is 1.20 bits per heavy atom. The smallest absolute Gasteiger partial charge is 0.227 e. The summed E-state index contributed by atoms with van der Waals surface area (Å²) < 4.78 is 2.28. The second-order valence-electron chi connectivity index (χ2n) is 7.26. The minimum absolute atomic E-state index is 0.235. The van der Waals surface area contributed by atoms with Crippen molar-refractivity contribution in [3.05, 3.63) is 47.0 Å². The molecule has 3 heterocycles. The van der Waals surface area contributed by atoms with E-state index in [4.69, 9.17) is 0 Å². The van der Waals surface area contributed by atoms with Gasteiger partial charge in [-0.3, -0.25) is 4.79 Å². The molecule has 1 aromatic heterocycles. The van der Waals surface area contributed by atoms with Gasteiger partial charge in [-0.05, 0) is 36.8 Å². The van der Waals surface area contributed by atoms with Crippen molar-refractivity contribution in [2.45, 2.75) is 57.9 Å². The second-order valence-corrected chi connectivity index (χ2v) is 7.26. The van der Waals surface area contributed by atoms with Crippen LogP contribution in [0, 0.1) is 0 Å². The highest BCUT2D eigenvalue weighted by Crippen LogP contribution is 2.28. The van der Waals surface area contributed by atoms with Gasteiger partial charge in [-0.1, -0.05) is 31.2 Å². The van der Waals surface area contributed by atoms with Gasteiger partial charge < -0.3 is 9.47 Å². The van der Waals surface area contributed by atoms with Crippen molar-refractivity contribution in [1.29, 1.82) is 0 Å². The fourth-order valence-corrected chi connectivity index (χ4v) is 4.14. The molecule has 0 bridgehead atoms. The number of rotatable bonds is 4. The number of aryl methyl sites for hydroxylation is 2. The minimum Gasteiger partial charge on any atom is -0.342 e. The van der Waals surface area contributed by atoms with Crippen LogP contribution in [-0.4, -0.2) is 38.7 Å². The van der Waals surface area contributed by atoms with E-state index in [0.717, 1.165) is 62.5 Å². The number of carbonyl (C=O) groups is 1. The summed E-state index contributed by atoms with van der Waals surface area (Å²) in [5.41, 5.74) is 2.41. The normalized spacial score (nSPS) is 19.9. The van der Waals surface area contributed by atoms with E-state index in [1.54, 1.807) is 0 Å². The highest BCUT2D eigenvalue weighted by atomic mass is 16.2. The molecule has 0 aliphatic carbocycles. The fraction of sp³-hybridized carbons (Fsp3) is 0.550. The van der Waals surface area contributed by atoms with Crippen LogP contribution in [0.5, 0.6) is 0 Å². The lowest BCUT2D eigenvalue weighted by Crippen LogP contribution is -2.40. The molecule has 0 N–H and O–H groups in total. The number of piperidine rings is 1. The highest BCUT2D eigenvalue weighted by molar-refractivity contribution is 5.79. The largest absolute Gasteiger partial charge is 0.342 e. The van der Waals surface area contributed by atoms with E-state index in [-0.39, 0.29) is 5.91 Å². The Bertz CT molecular complexity index is 767. The lowest BCUT2D eigenvalue weighted by Gasteiger charge is -2.32. The third-order valence-corrected chi connectivity index (χ3v) is 5.53. The molecule has 1 fully saturated rings. The number of fused-ring (bicyclic) bond motifs is 1. The van der Waals surface area contributed by atoms with Crippen LogP contribution in [0.2, 0.25) is 0 Å². The Morgan fingerprint density at radius 3 is 2.96 bits per heavy atom. The van der Waals surface area contributed by atoms with E-state index in [1.165, 1.54) is 12.0 Å². The molecule has 1 amide bonds. The van der Waals surface area contributed by atoms with Gasteiger partial charge in [0.1, 0.15) is 11.6 Å². The molecule has 4 rings (SSSR count). The summed E-state index contributed by atoms with van der Waals surface area (Å²) >= 11 is 0. The van der Waals surface area contributed by atoms with E-state index in [1.807, 2.05) is 4.90 Å². The Balaban J connectivity index is 1.44. The van der Waals surface area contributed by atoms with Crippen LogP contribution in [0.4, 0.5) is 0 Å². The molecule has 0 radical (unpaired) electrons. The monoisotopic (exact) mass is 338 g/mol.